The Hall–Kier alpha value is -3.02. The topological polar surface area (TPSA) is 80.9 Å². The lowest BCUT2D eigenvalue weighted by Crippen LogP contribution is -2.11. The molecule has 0 spiro atoms. The molecule has 31 heavy (non-hydrogen) atoms. The lowest BCUT2D eigenvalue weighted by Gasteiger charge is -2.19. The summed E-state index contributed by atoms with van der Waals surface area (Å²) < 4.78 is 2.05. The van der Waals surface area contributed by atoms with Gasteiger partial charge in [-0.05, 0) is 35.1 Å². The van der Waals surface area contributed by atoms with E-state index in [2.05, 4.69) is 11.9 Å². The summed E-state index contributed by atoms with van der Waals surface area (Å²) in [7, 11) is 0. The highest BCUT2D eigenvalue weighted by atomic mass is 16.4. The molecule has 1 saturated carbocycles. The van der Waals surface area contributed by atoms with Gasteiger partial charge >= 0.3 is 5.97 Å². The van der Waals surface area contributed by atoms with E-state index in [1.54, 1.807) is 12.3 Å². The third-order valence-corrected chi connectivity index (χ3v) is 6.11. The Labute approximate surface area is 183 Å². The number of carboxylic acids is 1. The van der Waals surface area contributed by atoms with Gasteiger partial charge in [0.2, 0.25) is 0 Å². The molecule has 162 valence electrons. The van der Waals surface area contributed by atoms with Crippen molar-refractivity contribution >= 4 is 5.97 Å². The Morgan fingerprint density at radius 1 is 1.13 bits per heavy atom. The molecule has 1 aromatic carbocycles. The second kappa shape index (κ2) is 9.86. The predicted molar refractivity (Wildman–Crippen MR) is 120 cm³/mol. The highest BCUT2D eigenvalue weighted by molar-refractivity contribution is 5.95. The van der Waals surface area contributed by atoms with Gasteiger partial charge in [-0.15, -0.1) is 0 Å². The fourth-order valence-corrected chi connectivity index (χ4v) is 4.48. The van der Waals surface area contributed by atoms with Gasteiger partial charge in [0.15, 0.2) is 5.82 Å². The second-order valence-corrected chi connectivity index (χ2v) is 8.48. The molecule has 2 aromatic heterocycles. The van der Waals surface area contributed by atoms with Crippen LogP contribution in [0.25, 0.3) is 11.1 Å². The quantitative estimate of drug-likeness (QED) is 0.546. The van der Waals surface area contributed by atoms with Crippen molar-refractivity contribution in [2.24, 2.45) is 5.92 Å². The highest BCUT2D eigenvalue weighted by Gasteiger charge is 2.18. The van der Waals surface area contributed by atoms with Gasteiger partial charge in [-0.3, -0.25) is 4.98 Å². The summed E-state index contributed by atoms with van der Waals surface area (Å²) in [6.45, 7) is 2.85. The second-order valence-electron chi connectivity index (χ2n) is 8.48. The van der Waals surface area contributed by atoms with E-state index in [-0.39, 0.29) is 5.56 Å². The van der Waals surface area contributed by atoms with Crippen molar-refractivity contribution in [3.63, 3.8) is 0 Å². The normalized spacial score (nSPS) is 14.6. The van der Waals surface area contributed by atoms with Crippen molar-refractivity contribution in [3.05, 3.63) is 65.5 Å². The molecule has 6 nitrogen and oxygen atoms in total. The minimum Gasteiger partial charge on any atom is -0.478 e. The van der Waals surface area contributed by atoms with Gasteiger partial charge < -0.3 is 5.11 Å². The largest absolute Gasteiger partial charge is 0.478 e. The molecule has 1 fully saturated rings. The lowest BCUT2D eigenvalue weighted by molar-refractivity contribution is 0.0697. The van der Waals surface area contributed by atoms with Crippen molar-refractivity contribution in [2.75, 3.05) is 0 Å². The van der Waals surface area contributed by atoms with Crippen molar-refractivity contribution in [3.8, 4) is 11.1 Å². The molecule has 4 rings (SSSR count). The van der Waals surface area contributed by atoms with E-state index in [4.69, 9.17) is 10.1 Å². The van der Waals surface area contributed by atoms with Crippen LogP contribution >= 0.6 is 0 Å². The summed E-state index contributed by atoms with van der Waals surface area (Å²) in [5.74, 6) is 1.79. The number of nitrogens with zero attached hydrogens (tertiary/aromatic N) is 4. The van der Waals surface area contributed by atoms with Crippen molar-refractivity contribution in [1.82, 2.24) is 19.7 Å². The standard InChI is InChI=1S/C25H30N4O2/c1-2-6-24-27-23(15-18-7-4-3-5-8-18)28-29(24)17-19-9-11-20(12-10-19)21-13-14-26-16-22(21)25(30)31/h9-14,16,18H,2-8,15,17H2,1H3,(H,30,31). The molecule has 0 atom stereocenters. The van der Waals surface area contributed by atoms with Crippen LogP contribution in [-0.4, -0.2) is 30.8 Å². The fourth-order valence-electron chi connectivity index (χ4n) is 4.48. The first kappa shape index (κ1) is 21.2. The Morgan fingerprint density at radius 3 is 2.61 bits per heavy atom. The molecular weight excluding hydrogens is 388 g/mol. The van der Waals surface area contributed by atoms with Crippen LogP contribution in [0, 0.1) is 5.92 Å². The summed E-state index contributed by atoms with van der Waals surface area (Å²) in [5, 5.41) is 14.3. The van der Waals surface area contributed by atoms with Gasteiger partial charge in [-0.2, -0.15) is 5.10 Å². The number of hydrogen-bond acceptors (Lipinski definition) is 4. The predicted octanol–water partition coefficient (Wildman–Crippen LogP) is 5.16. The van der Waals surface area contributed by atoms with Crippen molar-refractivity contribution in [2.45, 2.75) is 64.8 Å². The maximum atomic E-state index is 11.5. The molecule has 0 aliphatic heterocycles. The van der Waals surface area contributed by atoms with Crippen LogP contribution in [0.2, 0.25) is 0 Å². The molecule has 0 unspecified atom stereocenters. The summed E-state index contributed by atoms with van der Waals surface area (Å²) in [6, 6.07) is 9.76. The molecule has 0 bridgehead atoms. The average molecular weight is 419 g/mol. The molecule has 0 saturated heterocycles. The van der Waals surface area contributed by atoms with Crippen LogP contribution in [0.15, 0.2) is 42.7 Å². The van der Waals surface area contributed by atoms with E-state index in [0.717, 1.165) is 48.0 Å². The van der Waals surface area contributed by atoms with Gasteiger partial charge in [0, 0.05) is 25.2 Å². The number of carboxylic acid groups (broad SMARTS) is 1. The minimum absolute atomic E-state index is 0.212. The first-order valence-electron chi connectivity index (χ1n) is 11.3. The SMILES string of the molecule is CCCc1nc(CC2CCCCC2)nn1Cc1ccc(-c2ccncc2C(=O)O)cc1. The molecule has 3 aromatic rings. The van der Waals surface area contributed by atoms with Gasteiger partial charge in [0.25, 0.3) is 0 Å². The third kappa shape index (κ3) is 5.19. The van der Waals surface area contributed by atoms with Crippen LogP contribution in [0.1, 0.15) is 73.0 Å². The van der Waals surface area contributed by atoms with Gasteiger partial charge in [-0.1, -0.05) is 63.3 Å². The number of aromatic carboxylic acids is 1. The van der Waals surface area contributed by atoms with Gasteiger partial charge in [-0.25, -0.2) is 14.5 Å². The summed E-state index contributed by atoms with van der Waals surface area (Å²) >= 11 is 0. The molecule has 1 aliphatic carbocycles. The number of aromatic nitrogens is 4. The maximum Gasteiger partial charge on any atom is 0.337 e. The van der Waals surface area contributed by atoms with Crippen molar-refractivity contribution < 1.29 is 9.90 Å². The zero-order valence-corrected chi connectivity index (χ0v) is 18.1. The average Bonchev–Trinajstić information content (AvgIpc) is 3.16. The van der Waals surface area contributed by atoms with Gasteiger partial charge in [0.1, 0.15) is 5.82 Å². The van der Waals surface area contributed by atoms with Crippen molar-refractivity contribution in [1.29, 1.82) is 0 Å². The van der Waals surface area contributed by atoms with Crippen LogP contribution in [-0.2, 0) is 19.4 Å². The smallest absolute Gasteiger partial charge is 0.337 e. The molecule has 2 heterocycles. The van der Waals surface area contributed by atoms with Crippen LogP contribution in [0.4, 0.5) is 0 Å². The number of carbonyl (C=O) groups is 1. The Kier molecular flexibility index (Phi) is 6.75. The van der Waals surface area contributed by atoms with Crippen LogP contribution in [0.5, 0.6) is 0 Å². The van der Waals surface area contributed by atoms with E-state index in [9.17, 15) is 9.90 Å². The molecule has 0 amide bonds. The monoisotopic (exact) mass is 418 g/mol. The Morgan fingerprint density at radius 2 is 1.90 bits per heavy atom. The molecular formula is C25H30N4O2. The number of benzene rings is 1. The van der Waals surface area contributed by atoms with E-state index in [1.807, 2.05) is 28.9 Å². The Bertz CT molecular complexity index is 1020. The summed E-state index contributed by atoms with van der Waals surface area (Å²) in [5.41, 5.74) is 2.88. The molecule has 1 aliphatic rings. The van der Waals surface area contributed by atoms with Crippen LogP contribution < -0.4 is 0 Å². The first-order chi connectivity index (χ1) is 15.1. The van der Waals surface area contributed by atoms with E-state index >= 15 is 0 Å². The van der Waals surface area contributed by atoms with E-state index < -0.39 is 5.97 Å². The first-order valence-corrected chi connectivity index (χ1v) is 11.3. The minimum atomic E-state index is -0.968. The lowest BCUT2D eigenvalue weighted by atomic mass is 9.87. The number of aryl methyl sites for hydroxylation is 1. The number of hydrogen-bond donors (Lipinski definition) is 1. The summed E-state index contributed by atoms with van der Waals surface area (Å²) in [6.07, 6.45) is 12.6. The van der Waals surface area contributed by atoms with E-state index in [0.29, 0.717) is 12.1 Å². The number of pyridine rings is 1. The molecule has 6 heteroatoms. The zero-order valence-electron chi connectivity index (χ0n) is 18.1. The van der Waals surface area contributed by atoms with Gasteiger partial charge in [0.05, 0.1) is 12.1 Å². The maximum absolute atomic E-state index is 11.5. The fraction of sp³-hybridized carbons (Fsp3) is 0.440. The third-order valence-electron chi connectivity index (χ3n) is 6.11. The molecule has 0 radical (unpaired) electrons. The number of rotatable bonds is 8. The van der Waals surface area contributed by atoms with E-state index in [1.165, 1.54) is 38.3 Å². The molecule has 1 N–H and O–H groups in total. The Balaban J connectivity index is 1.51. The summed E-state index contributed by atoms with van der Waals surface area (Å²) in [4.78, 5) is 20.3. The highest BCUT2D eigenvalue weighted by Crippen LogP contribution is 2.27. The van der Waals surface area contributed by atoms with Crippen LogP contribution in [0.3, 0.4) is 0 Å². The zero-order chi connectivity index (χ0) is 21.6.